The summed E-state index contributed by atoms with van der Waals surface area (Å²) in [5, 5.41) is 0. The van der Waals surface area contributed by atoms with E-state index < -0.39 is 7.42 Å². The average molecular weight is 243 g/mol. The fraction of sp³-hybridized carbons (Fsp3) is 0.375. The lowest BCUT2D eigenvalue weighted by Crippen LogP contribution is -1.74. The summed E-state index contributed by atoms with van der Waals surface area (Å²) in [7, 11) is 0.368. The molecule has 0 bridgehead atoms. The maximum absolute atomic E-state index is 9.69. The van der Waals surface area contributed by atoms with Crippen molar-refractivity contribution in [2.75, 3.05) is 7.11 Å². The SMILES string of the molecule is C=CC(C)=O.C=COC.C[SiH](Cl)Cl. The molecule has 0 fully saturated rings. The molecule has 0 aliphatic heterocycles. The summed E-state index contributed by atoms with van der Waals surface area (Å²) >= 11 is 10.4. The number of rotatable bonds is 2. The molecule has 0 saturated carbocycles. The Kier molecular flexibility index (Phi) is 25.3. The summed E-state index contributed by atoms with van der Waals surface area (Å²) in [6.07, 6.45) is 2.65. The van der Waals surface area contributed by atoms with Crippen molar-refractivity contribution in [3.63, 3.8) is 0 Å². The van der Waals surface area contributed by atoms with Gasteiger partial charge in [0.15, 0.2) is 5.78 Å². The largest absolute Gasteiger partial charge is 0.505 e. The molecule has 13 heavy (non-hydrogen) atoms. The molecule has 0 heterocycles. The van der Waals surface area contributed by atoms with Crippen LogP contribution in [-0.4, -0.2) is 20.3 Å². The van der Waals surface area contributed by atoms with Crippen molar-refractivity contribution in [2.24, 2.45) is 0 Å². The summed E-state index contributed by atoms with van der Waals surface area (Å²) in [5.41, 5.74) is 0. The first-order chi connectivity index (χ1) is 5.92. The zero-order chi connectivity index (χ0) is 11.3. The number of ether oxygens (including phenoxy) is 1. The highest BCUT2D eigenvalue weighted by Crippen LogP contribution is 1.89. The van der Waals surface area contributed by atoms with E-state index in [1.165, 1.54) is 19.3 Å². The van der Waals surface area contributed by atoms with Crippen LogP contribution in [-0.2, 0) is 9.53 Å². The molecule has 0 unspecified atom stereocenters. The van der Waals surface area contributed by atoms with E-state index in [4.69, 9.17) is 22.2 Å². The zero-order valence-corrected chi connectivity index (χ0v) is 10.9. The Bertz CT molecular complexity index is 135. The van der Waals surface area contributed by atoms with Gasteiger partial charge in [-0.15, -0.1) is 0 Å². The van der Waals surface area contributed by atoms with Gasteiger partial charge in [0, 0.05) is 0 Å². The lowest BCUT2D eigenvalue weighted by atomic mass is 10.5. The van der Waals surface area contributed by atoms with Crippen molar-refractivity contribution < 1.29 is 9.53 Å². The average Bonchev–Trinajstić information content (AvgIpc) is 2.04. The van der Waals surface area contributed by atoms with Crippen molar-refractivity contribution in [3.05, 3.63) is 25.5 Å². The Balaban J connectivity index is -0.000000117. The van der Waals surface area contributed by atoms with Gasteiger partial charge < -0.3 is 4.74 Å². The third kappa shape index (κ3) is 148. The van der Waals surface area contributed by atoms with Gasteiger partial charge in [-0.25, -0.2) is 0 Å². The van der Waals surface area contributed by atoms with E-state index in [1.54, 1.807) is 7.11 Å². The zero-order valence-electron chi connectivity index (χ0n) is 8.22. The number of methoxy groups -OCH3 is 1. The summed E-state index contributed by atoms with van der Waals surface area (Å²) in [5.74, 6) is 0.0185. The van der Waals surface area contributed by atoms with Gasteiger partial charge >= 0.3 is 0 Å². The highest BCUT2D eigenvalue weighted by atomic mass is 35.7. The van der Waals surface area contributed by atoms with Gasteiger partial charge in [0.25, 0.3) is 0 Å². The van der Waals surface area contributed by atoms with Crippen LogP contribution in [0.15, 0.2) is 25.5 Å². The minimum absolute atomic E-state index is 0.0185. The fourth-order valence-electron chi connectivity index (χ4n) is 0. The van der Waals surface area contributed by atoms with Gasteiger partial charge in [-0.1, -0.05) is 13.2 Å². The number of allylic oxidation sites excluding steroid dienone is 1. The quantitative estimate of drug-likeness (QED) is 0.322. The van der Waals surface area contributed by atoms with Gasteiger partial charge in [0.2, 0.25) is 7.42 Å². The number of halogens is 2. The summed E-state index contributed by atoms with van der Waals surface area (Å²) in [6, 6.07) is 0. The Labute approximate surface area is 91.2 Å². The number of hydrogen-bond donors (Lipinski definition) is 0. The number of carbonyl (C=O) groups is 1. The van der Waals surface area contributed by atoms with Crippen LogP contribution >= 0.6 is 22.2 Å². The standard InChI is InChI=1S/C4H6O.C3H6O.CH4Cl2Si/c1-3-4(2)5;1-3-4-2;1-4(2)3/h3H,1H2,2H3;3H,1H2,2H3;4H,1H3. The molecule has 2 nitrogen and oxygen atoms in total. The first kappa shape index (κ1) is 18.5. The van der Waals surface area contributed by atoms with Crippen molar-refractivity contribution >= 4 is 35.4 Å². The molecular formula is C8H16Cl2O2Si. The predicted octanol–water partition coefficient (Wildman–Crippen LogP) is 2.85. The van der Waals surface area contributed by atoms with Crippen LogP contribution in [0.1, 0.15) is 6.92 Å². The summed E-state index contributed by atoms with van der Waals surface area (Å²) in [4.78, 5) is 9.69. The molecule has 0 amide bonds. The smallest absolute Gasteiger partial charge is 0.234 e. The molecule has 0 aromatic carbocycles. The molecule has 0 aliphatic rings. The van der Waals surface area contributed by atoms with Gasteiger partial charge in [-0.2, -0.15) is 22.2 Å². The third-order valence-corrected chi connectivity index (χ3v) is 0.454. The molecule has 0 aromatic rings. The van der Waals surface area contributed by atoms with E-state index in [2.05, 4.69) is 17.9 Å². The van der Waals surface area contributed by atoms with Crippen LogP contribution in [0, 0.1) is 0 Å². The second-order valence-corrected chi connectivity index (χ2v) is 7.37. The predicted molar refractivity (Wildman–Crippen MR) is 62.8 cm³/mol. The van der Waals surface area contributed by atoms with E-state index in [0.29, 0.717) is 0 Å². The monoisotopic (exact) mass is 242 g/mol. The first-order valence-corrected chi connectivity index (χ1v) is 8.11. The summed E-state index contributed by atoms with van der Waals surface area (Å²) in [6.45, 7) is 9.77. The Morgan fingerprint density at radius 1 is 1.46 bits per heavy atom. The van der Waals surface area contributed by atoms with Gasteiger partial charge in [0.1, 0.15) is 0 Å². The number of carbonyl (C=O) groups excluding carboxylic acids is 1. The van der Waals surface area contributed by atoms with Gasteiger partial charge in [-0.3, -0.25) is 4.79 Å². The summed E-state index contributed by atoms with van der Waals surface area (Å²) < 4.78 is 4.31. The second-order valence-electron chi connectivity index (χ2n) is 1.74. The molecular weight excluding hydrogens is 227 g/mol. The lowest BCUT2D eigenvalue weighted by molar-refractivity contribution is -0.112. The number of hydrogen-bond acceptors (Lipinski definition) is 2. The molecule has 0 radical (unpaired) electrons. The van der Waals surface area contributed by atoms with E-state index >= 15 is 0 Å². The maximum atomic E-state index is 9.69. The van der Waals surface area contributed by atoms with Crippen molar-refractivity contribution in [1.82, 2.24) is 0 Å². The van der Waals surface area contributed by atoms with Crippen LogP contribution < -0.4 is 0 Å². The van der Waals surface area contributed by atoms with Crippen LogP contribution in [0.4, 0.5) is 0 Å². The minimum atomic E-state index is -1.19. The molecule has 0 rings (SSSR count). The molecule has 0 N–H and O–H groups in total. The molecule has 0 aliphatic carbocycles. The van der Waals surface area contributed by atoms with E-state index in [1.807, 2.05) is 6.55 Å². The van der Waals surface area contributed by atoms with E-state index in [-0.39, 0.29) is 5.78 Å². The molecule has 0 atom stereocenters. The van der Waals surface area contributed by atoms with Crippen molar-refractivity contribution in [2.45, 2.75) is 13.5 Å². The normalized spacial score (nSPS) is 6.92. The highest BCUT2D eigenvalue weighted by molar-refractivity contribution is 7.33. The fourth-order valence-corrected chi connectivity index (χ4v) is 0. The molecule has 0 saturated heterocycles. The Hall–Kier alpha value is -0.253. The Morgan fingerprint density at radius 3 is 1.62 bits per heavy atom. The molecule has 0 aromatic heterocycles. The molecule has 5 heteroatoms. The molecule has 78 valence electrons. The maximum Gasteiger partial charge on any atom is 0.234 e. The number of ketones is 1. The van der Waals surface area contributed by atoms with E-state index in [0.717, 1.165) is 0 Å². The topological polar surface area (TPSA) is 26.3 Å². The van der Waals surface area contributed by atoms with Gasteiger partial charge in [0.05, 0.1) is 13.4 Å². The lowest BCUT2D eigenvalue weighted by Gasteiger charge is -1.73. The molecule has 0 spiro atoms. The first-order valence-electron chi connectivity index (χ1n) is 3.47. The van der Waals surface area contributed by atoms with E-state index in [9.17, 15) is 4.79 Å². The van der Waals surface area contributed by atoms with Crippen LogP contribution in [0.3, 0.4) is 0 Å². The minimum Gasteiger partial charge on any atom is -0.505 e. The second kappa shape index (κ2) is 17.7. The Morgan fingerprint density at radius 2 is 1.62 bits per heavy atom. The van der Waals surface area contributed by atoms with Crippen molar-refractivity contribution in [3.8, 4) is 0 Å². The van der Waals surface area contributed by atoms with Crippen LogP contribution in [0.25, 0.3) is 0 Å². The van der Waals surface area contributed by atoms with Crippen LogP contribution in [0.2, 0.25) is 6.55 Å². The van der Waals surface area contributed by atoms with Crippen molar-refractivity contribution in [1.29, 1.82) is 0 Å². The third-order valence-electron chi connectivity index (χ3n) is 0.454. The van der Waals surface area contributed by atoms with Gasteiger partial charge in [-0.05, 0) is 19.5 Å². The van der Waals surface area contributed by atoms with Crippen LogP contribution in [0.5, 0.6) is 0 Å². The highest BCUT2D eigenvalue weighted by Gasteiger charge is 1.80.